The second-order valence-corrected chi connectivity index (χ2v) is 6.27. The molecule has 0 saturated heterocycles. The van der Waals surface area contributed by atoms with Crippen LogP contribution < -0.4 is 4.74 Å². The molecule has 19 heavy (non-hydrogen) atoms. The minimum absolute atomic E-state index is 0.234. The number of hydrogen-bond donors (Lipinski definition) is 0. The van der Waals surface area contributed by atoms with Crippen LogP contribution in [0.4, 0.5) is 0 Å². The third kappa shape index (κ3) is 2.32. The van der Waals surface area contributed by atoms with Crippen LogP contribution in [0.3, 0.4) is 0 Å². The van der Waals surface area contributed by atoms with E-state index < -0.39 is 0 Å². The normalized spacial score (nSPS) is 14.3. The number of aromatic nitrogens is 1. The molecule has 0 fully saturated rings. The quantitative estimate of drug-likeness (QED) is 0.828. The first-order valence-corrected chi connectivity index (χ1v) is 7.67. The zero-order valence-electron chi connectivity index (χ0n) is 10.4. The molecule has 1 aromatic carbocycles. The monoisotopic (exact) mass is 337 g/mol. The fourth-order valence-corrected chi connectivity index (χ4v) is 3.81. The molecule has 0 bridgehead atoms. The highest BCUT2D eigenvalue weighted by Gasteiger charge is 2.22. The number of thiazole rings is 1. The van der Waals surface area contributed by atoms with E-state index in [-0.39, 0.29) is 5.78 Å². The van der Waals surface area contributed by atoms with Crippen molar-refractivity contribution in [2.24, 2.45) is 0 Å². The van der Waals surface area contributed by atoms with Crippen molar-refractivity contribution in [2.75, 3.05) is 7.11 Å². The summed E-state index contributed by atoms with van der Waals surface area (Å²) in [7, 11) is 1.64. The van der Waals surface area contributed by atoms with Crippen LogP contribution in [0.25, 0.3) is 10.6 Å². The third-order valence-corrected chi connectivity index (χ3v) is 4.97. The van der Waals surface area contributed by atoms with Gasteiger partial charge in [-0.1, -0.05) is 0 Å². The molecule has 0 saturated carbocycles. The number of nitrogens with zero attached hydrogens (tertiary/aromatic N) is 1. The van der Waals surface area contributed by atoms with Crippen molar-refractivity contribution in [3.63, 3.8) is 0 Å². The van der Waals surface area contributed by atoms with Gasteiger partial charge in [-0.3, -0.25) is 4.79 Å². The second-order valence-electron chi connectivity index (χ2n) is 4.42. The highest BCUT2D eigenvalue weighted by atomic mass is 79.9. The fraction of sp³-hybridized carbons (Fsp3) is 0.286. The lowest BCUT2D eigenvalue weighted by molar-refractivity contribution is 0.0976. The molecule has 0 N–H and O–H groups in total. The molecule has 0 amide bonds. The maximum atomic E-state index is 11.8. The van der Waals surface area contributed by atoms with Crippen LogP contribution >= 0.6 is 27.3 Å². The SMILES string of the molecule is COc1ccc(-c2nc3c(s2)C(=O)CCC3)cc1Br. The van der Waals surface area contributed by atoms with Crippen LogP contribution in [0.2, 0.25) is 0 Å². The zero-order chi connectivity index (χ0) is 13.4. The van der Waals surface area contributed by atoms with E-state index in [4.69, 9.17) is 4.74 Å². The number of fused-ring (bicyclic) bond motifs is 1. The van der Waals surface area contributed by atoms with E-state index in [1.54, 1.807) is 7.11 Å². The topological polar surface area (TPSA) is 39.2 Å². The molecule has 98 valence electrons. The van der Waals surface area contributed by atoms with Gasteiger partial charge in [-0.15, -0.1) is 11.3 Å². The van der Waals surface area contributed by atoms with Crippen molar-refractivity contribution in [1.29, 1.82) is 0 Å². The Morgan fingerprint density at radius 3 is 2.89 bits per heavy atom. The summed E-state index contributed by atoms with van der Waals surface area (Å²) in [4.78, 5) is 17.3. The maximum Gasteiger partial charge on any atom is 0.174 e. The number of Topliss-reactive ketones (excluding diaryl/α,β-unsaturated/α-hetero) is 1. The molecular weight excluding hydrogens is 326 g/mol. The van der Waals surface area contributed by atoms with Gasteiger partial charge < -0.3 is 4.74 Å². The van der Waals surface area contributed by atoms with Crippen molar-refractivity contribution in [3.8, 4) is 16.3 Å². The summed E-state index contributed by atoms with van der Waals surface area (Å²) >= 11 is 4.97. The Hall–Kier alpha value is -1.20. The Labute approximate surface area is 123 Å². The molecule has 1 heterocycles. The molecule has 0 radical (unpaired) electrons. The number of carbonyl (C=O) groups is 1. The van der Waals surface area contributed by atoms with Crippen molar-refractivity contribution in [1.82, 2.24) is 4.98 Å². The molecule has 5 heteroatoms. The van der Waals surface area contributed by atoms with E-state index in [0.717, 1.165) is 44.2 Å². The largest absolute Gasteiger partial charge is 0.496 e. The Morgan fingerprint density at radius 2 is 2.21 bits per heavy atom. The van der Waals surface area contributed by atoms with Crippen LogP contribution in [0.1, 0.15) is 28.2 Å². The van der Waals surface area contributed by atoms with Crippen LogP contribution in [-0.4, -0.2) is 17.9 Å². The zero-order valence-corrected chi connectivity index (χ0v) is 12.8. The van der Waals surface area contributed by atoms with Gasteiger partial charge in [0.05, 0.1) is 22.2 Å². The number of rotatable bonds is 2. The van der Waals surface area contributed by atoms with Gasteiger partial charge in [0.1, 0.15) is 10.8 Å². The lowest BCUT2D eigenvalue weighted by Crippen LogP contribution is -2.07. The molecule has 0 unspecified atom stereocenters. The molecule has 2 aromatic rings. The van der Waals surface area contributed by atoms with Crippen molar-refractivity contribution in [2.45, 2.75) is 19.3 Å². The van der Waals surface area contributed by atoms with Gasteiger partial charge in [0.25, 0.3) is 0 Å². The molecule has 0 aliphatic heterocycles. The number of ether oxygens (including phenoxy) is 1. The van der Waals surface area contributed by atoms with E-state index in [1.165, 1.54) is 11.3 Å². The molecule has 1 aromatic heterocycles. The summed E-state index contributed by atoms with van der Waals surface area (Å²) in [6.07, 6.45) is 2.48. The van der Waals surface area contributed by atoms with Crippen LogP contribution in [-0.2, 0) is 6.42 Å². The predicted octanol–water partition coefficient (Wildman–Crippen LogP) is 4.10. The van der Waals surface area contributed by atoms with E-state index in [9.17, 15) is 4.79 Å². The van der Waals surface area contributed by atoms with E-state index in [2.05, 4.69) is 20.9 Å². The van der Waals surface area contributed by atoms with Crippen molar-refractivity contribution >= 4 is 33.0 Å². The van der Waals surface area contributed by atoms with Gasteiger partial charge in [-0.2, -0.15) is 0 Å². The Balaban J connectivity index is 2.03. The van der Waals surface area contributed by atoms with Gasteiger partial charge in [0.15, 0.2) is 5.78 Å². The van der Waals surface area contributed by atoms with Crippen LogP contribution in [0, 0.1) is 0 Å². The minimum atomic E-state index is 0.234. The number of halogens is 1. The number of carbonyl (C=O) groups excluding carboxylic acids is 1. The van der Waals surface area contributed by atoms with Gasteiger partial charge in [-0.25, -0.2) is 4.98 Å². The summed E-state index contributed by atoms with van der Waals surface area (Å²) in [6.45, 7) is 0. The lowest BCUT2D eigenvalue weighted by Gasteiger charge is -2.06. The molecular formula is C14H12BrNO2S. The summed E-state index contributed by atoms with van der Waals surface area (Å²) < 4.78 is 6.11. The summed E-state index contributed by atoms with van der Waals surface area (Å²) in [6, 6.07) is 5.85. The van der Waals surface area contributed by atoms with Crippen molar-refractivity contribution < 1.29 is 9.53 Å². The Kier molecular flexibility index (Phi) is 3.41. The molecule has 3 nitrogen and oxygen atoms in total. The molecule has 1 aliphatic carbocycles. The van der Waals surface area contributed by atoms with Crippen molar-refractivity contribution in [3.05, 3.63) is 33.2 Å². The molecule has 3 rings (SSSR count). The fourth-order valence-electron chi connectivity index (χ4n) is 2.19. The third-order valence-electron chi connectivity index (χ3n) is 3.17. The van der Waals surface area contributed by atoms with Gasteiger partial charge >= 0.3 is 0 Å². The van der Waals surface area contributed by atoms with E-state index >= 15 is 0 Å². The summed E-state index contributed by atoms with van der Waals surface area (Å²) in [5.41, 5.74) is 1.98. The average Bonchev–Trinajstić information content (AvgIpc) is 2.84. The van der Waals surface area contributed by atoms with Crippen LogP contribution in [0.15, 0.2) is 22.7 Å². The maximum absolute atomic E-state index is 11.8. The smallest absolute Gasteiger partial charge is 0.174 e. The average molecular weight is 338 g/mol. The number of hydrogen-bond acceptors (Lipinski definition) is 4. The van der Waals surface area contributed by atoms with Crippen LogP contribution in [0.5, 0.6) is 5.75 Å². The lowest BCUT2D eigenvalue weighted by atomic mass is 10.0. The van der Waals surface area contributed by atoms with Gasteiger partial charge in [-0.05, 0) is 47.0 Å². The number of methoxy groups -OCH3 is 1. The van der Waals surface area contributed by atoms with E-state index in [1.807, 2.05) is 18.2 Å². The Bertz CT molecular complexity index is 651. The van der Waals surface area contributed by atoms with Gasteiger partial charge in [0.2, 0.25) is 0 Å². The number of ketones is 1. The Morgan fingerprint density at radius 1 is 1.37 bits per heavy atom. The molecule has 1 aliphatic rings. The van der Waals surface area contributed by atoms with E-state index in [0.29, 0.717) is 6.42 Å². The first-order valence-electron chi connectivity index (χ1n) is 6.06. The standard InChI is InChI=1S/C14H12BrNO2S/c1-18-12-6-5-8(7-9(12)15)14-16-10-3-2-4-11(17)13(10)19-14/h5-7H,2-4H2,1H3. The molecule has 0 atom stereocenters. The summed E-state index contributed by atoms with van der Waals surface area (Å²) in [5.74, 6) is 1.03. The number of aryl methyl sites for hydroxylation is 1. The highest BCUT2D eigenvalue weighted by Crippen LogP contribution is 2.35. The first kappa shape index (κ1) is 12.8. The summed E-state index contributed by atoms with van der Waals surface area (Å²) in [5, 5.41) is 0.906. The predicted molar refractivity (Wildman–Crippen MR) is 79.1 cm³/mol. The first-order chi connectivity index (χ1) is 9.19. The minimum Gasteiger partial charge on any atom is -0.496 e. The second kappa shape index (κ2) is 5.06. The molecule has 0 spiro atoms. The van der Waals surface area contributed by atoms with Gasteiger partial charge in [0, 0.05) is 12.0 Å². The highest BCUT2D eigenvalue weighted by molar-refractivity contribution is 9.10. The number of benzene rings is 1.